The summed E-state index contributed by atoms with van der Waals surface area (Å²) in [5.74, 6) is -0.302. The van der Waals surface area contributed by atoms with E-state index in [9.17, 15) is 4.39 Å². The Labute approximate surface area is 93.5 Å². The number of nitrogens with one attached hydrogen (secondary N) is 1. The predicted molar refractivity (Wildman–Crippen MR) is 58.6 cm³/mol. The molecule has 0 bridgehead atoms. The largest absolute Gasteiger partial charge is 0.337 e. The second-order valence-electron chi connectivity index (χ2n) is 2.73. The normalized spacial score (nSPS) is 10.4. The van der Waals surface area contributed by atoms with E-state index in [2.05, 4.69) is 20.9 Å². The molecule has 5 heteroatoms. The molecule has 0 aliphatic carbocycles. The molecular formula is C9H6BrFN2S. The first-order chi connectivity index (χ1) is 6.68. The van der Waals surface area contributed by atoms with Crippen molar-refractivity contribution in [2.24, 2.45) is 0 Å². The van der Waals surface area contributed by atoms with Crippen LogP contribution in [0.2, 0.25) is 0 Å². The molecule has 0 unspecified atom stereocenters. The standard InChI is InChI=1S/C9H6BrFN2S/c10-6-1-2-7(11)8(5-6)13-4-3-12-9(13)14/h1-5H,(H,12,14). The summed E-state index contributed by atoms with van der Waals surface area (Å²) in [6, 6.07) is 4.72. The Hall–Kier alpha value is -0.940. The highest BCUT2D eigenvalue weighted by molar-refractivity contribution is 9.10. The minimum Gasteiger partial charge on any atom is -0.337 e. The number of H-pyrrole nitrogens is 1. The van der Waals surface area contributed by atoms with Gasteiger partial charge in [0.25, 0.3) is 0 Å². The Kier molecular flexibility index (Phi) is 2.52. The average molecular weight is 273 g/mol. The van der Waals surface area contributed by atoms with Gasteiger partial charge < -0.3 is 4.98 Å². The zero-order chi connectivity index (χ0) is 10.1. The van der Waals surface area contributed by atoms with Gasteiger partial charge in [-0.1, -0.05) is 15.9 Å². The zero-order valence-corrected chi connectivity index (χ0v) is 9.40. The van der Waals surface area contributed by atoms with Gasteiger partial charge in [0, 0.05) is 16.9 Å². The van der Waals surface area contributed by atoms with E-state index < -0.39 is 0 Å². The summed E-state index contributed by atoms with van der Waals surface area (Å²) in [6.07, 6.45) is 3.36. The summed E-state index contributed by atoms with van der Waals surface area (Å²) >= 11 is 8.28. The van der Waals surface area contributed by atoms with Crippen molar-refractivity contribution in [1.82, 2.24) is 9.55 Å². The molecular weight excluding hydrogens is 267 g/mol. The van der Waals surface area contributed by atoms with Gasteiger partial charge in [0.2, 0.25) is 0 Å². The Morgan fingerprint density at radius 2 is 2.21 bits per heavy atom. The minimum atomic E-state index is -0.302. The fourth-order valence-corrected chi connectivity index (χ4v) is 1.76. The highest BCUT2D eigenvalue weighted by atomic mass is 79.9. The van der Waals surface area contributed by atoms with Gasteiger partial charge in [-0.2, -0.15) is 0 Å². The van der Waals surface area contributed by atoms with Crippen LogP contribution in [0.5, 0.6) is 0 Å². The van der Waals surface area contributed by atoms with E-state index in [4.69, 9.17) is 12.2 Å². The van der Waals surface area contributed by atoms with Crippen LogP contribution >= 0.6 is 28.1 Å². The van der Waals surface area contributed by atoms with Crippen molar-refractivity contribution in [2.75, 3.05) is 0 Å². The maximum absolute atomic E-state index is 13.4. The lowest BCUT2D eigenvalue weighted by Crippen LogP contribution is -1.95. The summed E-state index contributed by atoms with van der Waals surface area (Å²) in [7, 11) is 0. The molecule has 1 aromatic heterocycles. The molecule has 1 N–H and O–H groups in total. The van der Waals surface area contributed by atoms with Crippen LogP contribution in [0.3, 0.4) is 0 Å². The fraction of sp³-hybridized carbons (Fsp3) is 0. The van der Waals surface area contributed by atoms with E-state index in [1.165, 1.54) is 6.07 Å². The molecule has 14 heavy (non-hydrogen) atoms. The van der Waals surface area contributed by atoms with Crippen molar-refractivity contribution in [1.29, 1.82) is 0 Å². The van der Waals surface area contributed by atoms with E-state index >= 15 is 0 Å². The summed E-state index contributed by atoms with van der Waals surface area (Å²) < 4.78 is 16.3. The lowest BCUT2D eigenvalue weighted by molar-refractivity contribution is 0.617. The summed E-state index contributed by atoms with van der Waals surface area (Å²) in [6.45, 7) is 0. The second-order valence-corrected chi connectivity index (χ2v) is 4.03. The van der Waals surface area contributed by atoms with Gasteiger partial charge in [-0.05, 0) is 30.4 Å². The van der Waals surface area contributed by atoms with E-state index in [0.717, 1.165) is 4.47 Å². The monoisotopic (exact) mass is 272 g/mol. The molecule has 2 nitrogen and oxygen atoms in total. The lowest BCUT2D eigenvalue weighted by Gasteiger charge is -2.03. The van der Waals surface area contributed by atoms with Crippen molar-refractivity contribution >= 4 is 28.1 Å². The molecule has 0 atom stereocenters. The first-order valence-electron chi connectivity index (χ1n) is 3.90. The molecule has 2 aromatic rings. The minimum absolute atomic E-state index is 0.302. The van der Waals surface area contributed by atoms with E-state index in [1.807, 2.05) is 0 Å². The number of hydrogen-bond donors (Lipinski definition) is 1. The van der Waals surface area contributed by atoms with E-state index in [1.54, 1.807) is 29.1 Å². The van der Waals surface area contributed by atoms with Crippen LogP contribution < -0.4 is 0 Å². The number of aromatic amines is 1. The summed E-state index contributed by atoms with van der Waals surface area (Å²) in [5, 5.41) is 0. The molecule has 0 amide bonds. The molecule has 0 spiro atoms. The van der Waals surface area contributed by atoms with Crippen molar-refractivity contribution < 1.29 is 4.39 Å². The predicted octanol–water partition coefficient (Wildman–Crippen LogP) is 3.44. The number of rotatable bonds is 1. The molecule has 0 radical (unpaired) electrons. The summed E-state index contributed by atoms with van der Waals surface area (Å²) in [5.41, 5.74) is 0.436. The summed E-state index contributed by atoms with van der Waals surface area (Å²) in [4.78, 5) is 2.81. The first kappa shape index (κ1) is 9.61. The van der Waals surface area contributed by atoms with Gasteiger partial charge in [0.05, 0.1) is 5.69 Å². The van der Waals surface area contributed by atoms with Gasteiger partial charge in [-0.3, -0.25) is 4.57 Å². The van der Waals surface area contributed by atoms with E-state index in [0.29, 0.717) is 10.5 Å². The Morgan fingerprint density at radius 1 is 1.43 bits per heavy atom. The van der Waals surface area contributed by atoms with E-state index in [-0.39, 0.29) is 5.82 Å². The smallest absolute Gasteiger partial charge is 0.181 e. The molecule has 0 fully saturated rings. The van der Waals surface area contributed by atoms with Gasteiger partial charge in [0.1, 0.15) is 5.82 Å². The van der Waals surface area contributed by atoms with Gasteiger partial charge >= 0.3 is 0 Å². The second kappa shape index (κ2) is 3.67. The number of benzene rings is 1. The maximum Gasteiger partial charge on any atom is 0.181 e. The first-order valence-corrected chi connectivity index (χ1v) is 5.10. The quantitative estimate of drug-likeness (QED) is 0.789. The van der Waals surface area contributed by atoms with Crippen LogP contribution in [0.15, 0.2) is 35.1 Å². The topological polar surface area (TPSA) is 20.7 Å². The van der Waals surface area contributed by atoms with Crippen LogP contribution in [0.4, 0.5) is 4.39 Å². The van der Waals surface area contributed by atoms with Crippen molar-refractivity contribution in [3.8, 4) is 5.69 Å². The molecule has 0 saturated heterocycles. The van der Waals surface area contributed by atoms with Crippen LogP contribution in [0.1, 0.15) is 0 Å². The number of nitrogens with zero attached hydrogens (tertiary/aromatic N) is 1. The van der Waals surface area contributed by atoms with Crippen LogP contribution in [-0.4, -0.2) is 9.55 Å². The van der Waals surface area contributed by atoms with Gasteiger partial charge in [-0.25, -0.2) is 4.39 Å². The SMILES string of the molecule is Fc1ccc(Br)cc1-n1cc[nH]c1=S. The van der Waals surface area contributed by atoms with Crippen molar-refractivity contribution in [2.45, 2.75) is 0 Å². The highest BCUT2D eigenvalue weighted by Crippen LogP contribution is 2.19. The highest BCUT2D eigenvalue weighted by Gasteiger charge is 2.05. The zero-order valence-electron chi connectivity index (χ0n) is 7.00. The third kappa shape index (κ3) is 1.65. The van der Waals surface area contributed by atoms with Crippen LogP contribution in [0.25, 0.3) is 5.69 Å². The van der Waals surface area contributed by atoms with Crippen molar-refractivity contribution in [3.63, 3.8) is 0 Å². The molecule has 0 aliphatic heterocycles. The number of hydrogen-bond acceptors (Lipinski definition) is 1. The van der Waals surface area contributed by atoms with Gasteiger partial charge in [0.15, 0.2) is 4.77 Å². The molecule has 72 valence electrons. The average Bonchev–Trinajstić information content (AvgIpc) is 2.56. The Balaban J connectivity index is 2.68. The maximum atomic E-state index is 13.4. The third-order valence-electron chi connectivity index (χ3n) is 1.82. The van der Waals surface area contributed by atoms with Crippen molar-refractivity contribution in [3.05, 3.63) is 45.7 Å². The lowest BCUT2D eigenvalue weighted by atomic mass is 10.3. The number of imidazole rings is 1. The molecule has 0 saturated carbocycles. The van der Waals surface area contributed by atoms with Crippen LogP contribution in [0, 0.1) is 10.6 Å². The van der Waals surface area contributed by atoms with Gasteiger partial charge in [-0.15, -0.1) is 0 Å². The number of aromatic nitrogens is 2. The molecule has 1 heterocycles. The van der Waals surface area contributed by atoms with Crippen LogP contribution in [-0.2, 0) is 0 Å². The molecule has 1 aromatic carbocycles. The Morgan fingerprint density at radius 3 is 2.86 bits per heavy atom. The molecule has 2 rings (SSSR count). The molecule has 0 aliphatic rings. The Bertz CT molecular complexity index is 518. The fourth-order valence-electron chi connectivity index (χ4n) is 1.18. The number of halogens is 2. The third-order valence-corrected chi connectivity index (χ3v) is 2.62.